The van der Waals surface area contributed by atoms with Crippen LogP contribution in [0.1, 0.15) is 26.7 Å². The molecule has 1 nitrogen and oxygen atoms in total. The van der Waals surface area contributed by atoms with Gasteiger partial charge in [-0.1, -0.05) is 13.3 Å². The van der Waals surface area contributed by atoms with Crippen molar-refractivity contribution in [3.05, 3.63) is 24.8 Å². The third kappa shape index (κ3) is 39.1. The van der Waals surface area contributed by atoms with Gasteiger partial charge in [0.2, 0.25) is 0 Å². The maximum atomic E-state index is 8.07. The van der Waals surface area contributed by atoms with Crippen LogP contribution in [0.15, 0.2) is 18.2 Å². The Kier molecular flexibility index (Phi) is 26.1. The van der Waals surface area contributed by atoms with Gasteiger partial charge in [0.15, 0.2) is 0 Å². The topological polar surface area (TPSA) is 20.2 Å². The fourth-order valence-electron chi connectivity index (χ4n) is 0.158. The number of hydrogen-bond donors (Lipinski definition) is 1. The van der Waals surface area contributed by atoms with Crippen molar-refractivity contribution in [1.29, 1.82) is 0 Å². The van der Waals surface area contributed by atoms with Crippen molar-refractivity contribution in [2.75, 3.05) is 6.61 Å². The van der Waals surface area contributed by atoms with Crippen molar-refractivity contribution in [3.8, 4) is 0 Å². The summed E-state index contributed by atoms with van der Waals surface area (Å²) in [4.78, 5) is 0. The van der Waals surface area contributed by atoms with Crippen molar-refractivity contribution in [2.45, 2.75) is 26.7 Å². The van der Waals surface area contributed by atoms with Crippen LogP contribution in [-0.2, 0) is 21.7 Å². The van der Waals surface area contributed by atoms with Gasteiger partial charge in [-0.25, -0.2) is 11.6 Å². The van der Waals surface area contributed by atoms with E-state index in [1.54, 1.807) is 0 Å². The number of aliphatic hydroxyl groups excluding tert-OH is 1. The third-order valence-electron chi connectivity index (χ3n) is 0.796. The molecule has 1 N–H and O–H groups in total. The molecule has 0 aromatic carbocycles. The second-order valence-corrected chi connectivity index (χ2v) is 2.09. The molecule has 0 radical (unpaired) electrons. The summed E-state index contributed by atoms with van der Waals surface area (Å²) in [6.07, 6.45) is 3.51. The minimum atomic E-state index is 0. The van der Waals surface area contributed by atoms with Gasteiger partial charge in [-0.15, -0.1) is 6.92 Å². The molecule has 0 aromatic rings. The number of aliphatic hydroxyl groups is 1. The average Bonchev–Trinajstić information content (AvgIpc) is 1.91. The first-order chi connectivity index (χ1) is 4.68. The van der Waals surface area contributed by atoms with Gasteiger partial charge in [0.1, 0.15) is 0 Å². The fourth-order valence-corrected chi connectivity index (χ4v) is 0.158. The van der Waals surface area contributed by atoms with Gasteiger partial charge >= 0.3 is 0 Å². The van der Waals surface area contributed by atoms with Gasteiger partial charge in [0.25, 0.3) is 0 Å². The molecule has 0 aliphatic heterocycles. The van der Waals surface area contributed by atoms with Crippen LogP contribution in [0, 0.1) is 6.58 Å². The molecule has 11 heavy (non-hydrogen) atoms. The van der Waals surface area contributed by atoms with Crippen LogP contribution >= 0.6 is 0 Å². The Morgan fingerprint density at radius 1 is 1.64 bits per heavy atom. The molecule has 0 spiro atoms. The molecule has 0 fully saturated rings. The summed E-state index contributed by atoms with van der Waals surface area (Å²) in [6.45, 7) is 12.7. The van der Waals surface area contributed by atoms with Crippen molar-refractivity contribution in [2.24, 2.45) is 0 Å². The Balaban J connectivity index is -0.000000107. The summed E-state index contributed by atoms with van der Waals surface area (Å²) in [5, 5.41) is 8.07. The SMILES string of the molecule is CCCCO.[CH-]=CC(=C)C.[Ti]. The van der Waals surface area contributed by atoms with E-state index in [0.29, 0.717) is 6.61 Å². The second-order valence-electron chi connectivity index (χ2n) is 2.09. The summed E-state index contributed by atoms with van der Waals surface area (Å²) in [5.41, 5.74) is 0.907. The monoisotopic (exact) mass is 189 g/mol. The molecule has 0 aromatic heterocycles. The standard InChI is InChI=1S/C5H7.C4H10O.Ti/c1-4-5(2)3;1-2-3-4-5;/h1,4H,2H2,3H3;5H,2-4H2,1H3;/q-1;;. The smallest absolute Gasteiger partial charge is 0.0430 e. The molecule has 0 aliphatic rings. The van der Waals surface area contributed by atoms with E-state index < -0.39 is 0 Å². The first-order valence-electron chi connectivity index (χ1n) is 3.50. The van der Waals surface area contributed by atoms with Crippen LogP contribution in [0.3, 0.4) is 0 Å². The number of rotatable bonds is 3. The van der Waals surface area contributed by atoms with Gasteiger partial charge in [0.05, 0.1) is 0 Å². The van der Waals surface area contributed by atoms with E-state index in [9.17, 15) is 0 Å². The van der Waals surface area contributed by atoms with E-state index >= 15 is 0 Å². The van der Waals surface area contributed by atoms with E-state index in [-0.39, 0.29) is 21.7 Å². The quantitative estimate of drug-likeness (QED) is 0.410. The first kappa shape index (κ1) is 17.3. The van der Waals surface area contributed by atoms with Crippen LogP contribution in [0.25, 0.3) is 0 Å². The second kappa shape index (κ2) is 16.6. The predicted molar refractivity (Wildman–Crippen MR) is 45.7 cm³/mol. The molecule has 0 saturated carbocycles. The van der Waals surface area contributed by atoms with Crippen LogP contribution in [-0.4, -0.2) is 11.7 Å². The van der Waals surface area contributed by atoms with Crippen LogP contribution < -0.4 is 0 Å². The molecule has 0 atom stereocenters. The third-order valence-corrected chi connectivity index (χ3v) is 0.796. The zero-order valence-corrected chi connectivity index (χ0v) is 8.99. The molecule has 0 unspecified atom stereocenters. The van der Waals surface area contributed by atoms with Crippen LogP contribution in [0.2, 0.25) is 0 Å². The molecule has 2 heteroatoms. The fraction of sp³-hybridized carbons (Fsp3) is 0.556. The van der Waals surface area contributed by atoms with Gasteiger partial charge in [-0.3, -0.25) is 6.58 Å². The molecule has 0 saturated heterocycles. The largest absolute Gasteiger partial charge is 0.396 e. The first-order valence-corrected chi connectivity index (χ1v) is 3.50. The summed E-state index contributed by atoms with van der Waals surface area (Å²) >= 11 is 0. The molecule has 0 amide bonds. The maximum Gasteiger partial charge on any atom is 0.0430 e. The zero-order chi connectivity index (χ0) is 8.41. The number of allylic oxidation sites excluding steroid dienone is 2. The van der Waals surface area contributed by atoms with Crippen molar-refractivity contribution >= 4 is 0 Å². The number of hydrogen-bond acceptors (Lipinski definition) is 1. The Hall–Kier alpha value is 0.154. The van der Waals surface area contributed by atoms with Crippen LogP contribution in [0.4, 0.5) is 0 Å². The van der Waals surface area contributed by atoms with Gasteiger partial charge in [-0.2, -0.15) is 6.58 Å². The zero-order valence-electron chi connectivity index (χ0n) is 7.43. The minimum absolute atomic E-state index is 0. The molecule has 0 aliphatic carbocycles. The summed E-state index contributed by atoms with van der Waals surface area (Å²) in [5.74, 6) is 0. The summed E-state index contributed by atoms with van der Waals surface area (Å²) in [7, 11) is 0. The molecule has 0 bridgehead atoms. The number of unbranched alkanes of at least 4 members (excludes halogenated alkanes) is 1. The molecular formula is C9H17OTi-. The van der Waals surface area contributed by atoms with E-state index in [2.05, 4.69) is 13.5 Å². The predicted octanol–water partition coefficient (Wildman–Crippen LogP) is 2.33. The Morgan fingerprint density at radius 3 is 2.00 bits per heavy atom. The molecule has 64 valence electrons. The van der Waals surface area contributed by atoms with Crippen molar-refractivity contribution in [1.82, 2.24) is 0 Å². The van der Waals surface area contributed by atoms with Crippen molar-refractivity contribution in [3.63, 3.8) is 0 Å². The van der Waals surface area contributed by atoms with E-state index in [1.807, 2.05) is 6.92 Å². The van der Waals surface area contributed by atoms with E-state index in [4.69, 9.17) is 11.7 Å². The van der Waals surface area contributed by atoms with Gasteiger partial charge < -0.3 is 5.11 Å². The van der Waals surface area contributed by atoms with Gasteiger partial charge in [0, 0.05) is 28.3 Å². The van der Waals surface area contributed by atoms with Crippen LogP contribution in [0.5, 0.6) is 0 Å². The van der Waals surface area contributed by atoms with E-state index in [0.717, 1.165) is 18.4 Å². The molecule has 0 heterocycles. The average molecular weight is 189 g/mol. The van der Waals surface area contributed by atoms with Crippen molar-refractivity contribution < 1.29 is 26.8 Å². The Bertz CT molecular complexity index is 87.6. The summed E-state index contributed by atoms with van der Waals surface area (Å²) in [6, 6.07) is 0. The Labute approximate surface area is 85.1 Å². The summed E-state index contributed by atoms with van der Waals surface area (Å²) < 4.78 is 0. The maximum absolute atomic E-state index is 8.07. The normalized spacial score (nSPS) is 6.82. The molecule has 0 rings (SSSR count). The van der Waals surface area contributed by atoms with E-state index in [1.165, 1.54) is 6.08 Å². The minimum Gasteiger partial charge on any atom is -0.396 e. The Morgan fingerprint density at radius 2 is 2.00 bits per heavy atom. The molecular weight excluding hydrogens is 172 g/mol. The van der Waals surface area contributed by atoms with Gasteiger partial charge in [-0.05, 0) is 6.42 Å².